The Balaban J connectivity index is 1.80. The molecule has 0 spiro atoms. The lowest BCUT2D eigenvalue weighted by atomic mass is 10.1. The van der Waals surface area contributed by atoms with Gasteiger partial charge in [-0.1, -0.05) is 6.07 Å². The maximum atomic E-state index is 12.1. The Labute approximate surface area is 117 Å². The van der Waals surface area contributed by atoms with E-state index in [2.05, 4.69) is 16.4 Å². The Morgan fingerprint density at radius 1 is 1.20 bits per heavy atom. The summed E-state index contributed by atoms with van der Waals surface area (Å²) in [6, 6.07) is 9.54. The minimum absolute atomic E-state index is 0.243. The van der Waals surface area contributed by atoms with E-state index < -0.39 is 0 Å². The van der Waals surface area contributed by atoms with Gasteiger partial charge in [0.1, 0.15) is 6.07 Å². The number of amides is 1. The summed E-state index contributed by atoms with van der Waals surface area (Å²) in [4.78, 5) is 16.0. The van der Waals surface area contributed by atoms with Gasteiger partial charge < -0.3 is 5.32 Å². The third-order valence-corrected chi connectivity index (χ3v) is 3.49. The van der Waals surface area contributed by atoms with Crippen LogP contribution in [0.2, 0.25) is 0 Å². The first kappa shape index (κ1) is 12.4. The first-order valence-electron chi connectivity index (χ1n) is 6.54. The fraction of sp³-hybridized carbons (Fsp3) is 0.188. The number of pyridine rings is 1. The van der Waals surface area contributed by atoms with Crippen LogP contribution in [0.3, 0.4) is 0 Å². The molecule has 0 saturated heterocycles. The van der Waals surface area contributed by atoms with Crippen molar-refractivity contribution in [2.45, 2.75) is 19.3 Å². The molecule has 1 N–H and O–H groups in total. The van der Waals surface area contributed by atoms with Crippen molar-refractivity contribution in [2.75, 3.05) is 5.32 Å². The molecule has 0 saturated carbocycles. The molecule has 0 aliphatic heterocycles. The van der Waals surface area contributed by atoms with Crippen molar-refractivity contribution in [1.82, 2.24) is 4.98 Å². The molecule has 3 rings (SSSR count). The van der Waals surface area contributed by atoms with E-state index in [-0.39, 0.29) is 5.91 Å². The molecule has 4 heteroatoms. The molecule has 1 amide bonds. The summed E-state index contributed by atoms with van der Waals surface area (Å²) < 4.78 is 0. The fourth-order valence-corrected chi connectivity index (χ4v) is 2.48. The molecule has 1 heterocycles. The zero-order chi connectivity index (χ0) is 13.9. The average Bonchev–Trinajstić information content (AvgIpc) is 2.95. The Morgan fingerprint density at radius 3 is 2.90 bits per heavy atom. The number of fused-ring (bicyclic) bond motifs is 1. The van der Waals surface area contributed by atoms with Gasteiger partial charge in [-0.3, -0.25) is 9.78 Å². The Bertz CT molecular complexity index is 716. The number of nitrogens with zero attached hydrogens (tertiary/aromatic N) is 2. The van der Waals surface area contributed by atoms with E-state index in [1.165, 1.54) is 36.0 Å². The number of rotatable bonds is 2. The van der Waals surface area contributed by atoms with Gasteiger partial charge in [-0.25, -0.2) is 0 Å². The Kier molecular flexibility index (Phi) is 3.18. The average molecular weight is 263 g/mol. The number of carbonyl (C=O) groups excluding carboxylic acids is 1. The van der Waals surface area contributed by atoms with E-state index in [4.69, 9.17) is 5.26 Å². The largest absolute Gasteiger partial charge is 0.322 e. The molecule has 1 aliphatic rings. The third kappa shape index (κ3) is 2.39. The normalized spacial score (nSPS) is 12.6. The number of aromatic nitrogens is 1. The van der Waals surface area contributed by atoms with Crippen LogP contribution in [0.5, 0.6) is 0 Å². The van der Waals surface area contributed by atoms with Crippen LogP contribution >= 0.6 is 0 Å². The van der Waals surface area contributed by atoms with Crippen LogP contribution in [0, 0.1) is 11.3 Å². The summed E-state index contributed by atoms with van der Waals surface area (Å²) in [5, 5.41) is 11.7. The van der Waals surface area contributed by atoms with Crippen LogP contribution < -0.4 is 5.32 Å². The molecule has 1 aromatic heterocycles. The van der Waals surface area contributed by atoms with E-state index >= 15 is 0 Å². The molecular formula is C16H13N3O. The van der Waals surface area contributed by atoms with Gasteiger partial charge in [-0.05, 0) is 48.6 Å². The lowest BCUT2D eigenvalue weighted by Gasteiger charge is -2.07. The lowest BCUT2D eigenvalue weighted by molar-refractivity contribution is 0.102. The highest BCUT2D eigenvalue weighted by molar-refractivity contribution is 6.04. The summed E-state index contributed by atoms with van der Waals surface area (Å²) >= 11 is 0. The summed E-state index contributed by atoms with van der Waals surface area (Å²) in [7, 11) is 0. The van der Waals surface area contributed by atoms with Crippen molar-refractivity contribution in [2.24, 2.45) is 0 Å². The van der Waals surface area contributed by atoms with Crippen molar-refractivity contribution >= 4 is 11.6 Å². The molecule has 1 aliphatic carbocycles. The predicted molar refractivity (Wildman–Crippen MR) is 75.4 cm³/mol. The number of carbonyl (C=O) groups is 1. The van der Waals surface area contributed by atoms with Gasteiger partial charge >= 0.3 is 0 Å². The first-order valence-corrected chi connectivity index (χ1v) is 6.54. The van der Waals surface area contributed by atoms with Crippen LogP contribution in [0.1, 0.15) is 33.5 Å². The highest BCUT2D eigenvalue weighted by Gasteiger charge is 2.12. The number of nitriles is 1. The van der Waals surface area contributed by atoms with Gasteiger partial charge in [-0.2, -0.15) is 5.26 Å². The predicted octanol–water partition coefficient (Wildman–Crippen LogP) is 2.69. The van der Waals surface area contributed by atoms with Crippen LogP contribution in [-0.2, 0) is 12.8 Å². The Hall–Kier alpha value is -2.67. The highest BCUT2D eigenvalue weighted by Crippen LogP contribution is 2.25. The second-order valence-corrected chi connectivity index (χ2v) is 4.87. The van der Waals surface area contributed by atoms with Gasteiger partial charge in [0.05, 0.1) is 11.1 Å². The second-order valence-electron chi connectivity index (χ2n) is 4.87. The standard InChI is InChI=1S/C16H13N3O/c17-8-11-6-14(10-18-9-11)16(20)19-15-5-4-12-2-1-3-13(12)7-15/h4-7,9-10H,1-3H2,(H,19,20). The van der Waals surface area contributed by atoms with E-state index in [1.807, 2.05) is 18.2 Å². The molecule has 0 fully saturated rings. The summed E-state index contributed by atoms with van der Waals surface area (Å²) in [6.45, 7) is 0. The van der Waals surface area contributed by atoms with Gasteiger partial charge in [0.25, 0.3) is 5.91 Å². The minimum Gasteiger partial charge on any atom is -0.322 e. The lowest BCUT2D eigenvalue weighted by Crippen LogP contribution is -2.12. The van der Waals surface area contributed by atoms with Crippen LogP contribution in [0.4, 0.5) is 5.69 Å². The number of hydrogen-bond donors (Lipinski definition) is 1. The molecule has 2 aromatic rings. The molecule has 0 bridgehead atoms. The molecular weight excluding hydrogens is 250 g/mol. The first-order chi connectivity index (χ1) is 9.76. The summed E-state index contributed by atoms with van der Waals surface area (Å²) in [6.07, 6.45) is 6.28. The number of hydrogen-bond acceptors (Lipinski definition) is 3. The quantitative estimate of drug-likeness (QED) is 0.905. The molecule has 20 heavy (non-hydrogen) atoms. The van der Waals surface area contributed by atoms with E-state index in [0.717, 1.165) is 18.5 Å². The summed E-state index contributed by atoms with van der Waals surface area (Å²) in [5.41, 5.74) is 4.25. The number of anilines is 1. The van der Waals surface area contributed by atoms with Crippen molar-refractivity contribution in [3.63, 3.8) is 0 Å². The topological polar surface area (TPSA) is 65.8 Å². The van der Waals surface area contributed by atoms with E-state index in [0.29, 0.717) is 11.1 Å². The second kappa shape index (κ2) is 5.14. The minimum atomic E-state index is -0.243. The molecule has 0 radical (unpaired) electrons. The van der Waals surface area contributed by atoms with Crippen molar-refractivity contribution < 1.29 is 4.79 Å². The third-order valence-electron chi connectivity index (χ3n) is 3.49. The zero-order valence-electron chi connectivity index (χ0n) is 10.9. The molecule has 0 unspecified atom stereocenters. The van der Waals surface area contributed by atoms with Gasteiger partial charge in [-0.15, -0.1) is 0 Å². The molecule has 4 nitrogen and oxygen atoms in total. The van der Waals surface area contributed by atoms with Gasteiger partial charge in [0.15, 0.2) is 0 Å². The smallest absolute Gasteiger partial charge is 0.257 e. The monoisotopic (exact) mass is 263 g/mol. The van der Waals surface area contributed by atoms with Crippen molar-refractivity contribution in [3.8, 4) is 6.07 Å². The van der Waals surface area contributed by atoms with Crippen LogP contribution in [0.15, 0.2) is 36.7 Å². The Morgan fingerprint density at radius 2 is 2.05 bits per heavy atom. The maximum absolute atomic E-state index is 12.1. The highest BCUT2D eigenvalue weighted by atomic mass is 16.1. The maximum Gasteiger partial charge on any atom is 0.257 e. The van der Waals surface area contributed by atoms with Crippen LogP contribution in [-0.4, -0.2) is 10.9 Å². The summed E-state index contributed by atoms with van der Waals surface area (Å²) in [5.74, 6) is -0.243. The van der Waals surface area contributed by atoms with E-state index in [9.17, 15) is 4.79 Å². The van der Waals surface area contributed by atoms with E-state index in [1.54, 1.807) is 0 Å². The number of nitrogens with one attached hydrogen (secondary N) is 1. The SMILES string of the molecule is N#Cc1cncc(C(=O)Nc2ccc3c(c2)CCC3)c1. The number of aryl methyl sites for hydroxylation is 2. The van der Waals surface area contributed by atoms with Gasteiger partial charge in [0, 0.05) is 18.1 Å². The molecule has 1 aromatic carbocycles. The fourth-order valence-electron chi connectivity index (χ4n) is 2.48. The number of benzene rings is 1. The van der Waals surface area contributed by atoms with Crippen molar-refractivity contribution in [1.29, 1.82) is 5.26 Å². The molecule has 0 atom stereocenters. The van der Waals surface area contributed by atoms with Gasteiger partial charge in [0.2, 0.25) is 0 Å². The zero-order valence-corrected chi connectivity index (χ0v) is 10.9. The van der Waals surface area contributed by atoms with Crippen LogP contribution in [0.25, 0.3) is 0 Å². The van der Waals surface area contributed by atoms with Crippen molar-refractivity contribution in [3.05, 3.63) is 58.9 Å². The molecule has 98 valence electrons.